The van der Waals surface area contributed by atoms with E-state index >= 15 is 0 Å². The summed E-state index contributed by atoms with van der Waals surface area (Å²) in [6.07, 6.45) is 4.58. The number of hydrogen-bond donors (Lipinski definition) is 2. The summed E-state index contributed by atoms with van der Waals surface area (Å²) in [5.41, 5.74) is 5.63. The summed E-state index contributed by atoms with van der Waals surface area (Å²) in [5, 5.41) is 3.45. The molecular weight excluding hydrogens is 240 g/mol. The molecule has 4 heteroatoms. The molecule has 1 aliphatic rings. The number of carbonyl (C=O) groups excluding carboxylic acids is 1. The van der Waals surface area contributed by atoms with E-state index < -0.39 is 5.54 Å². The fourth-order valence-electron chi connectivity index (χ4n) is 2.85. The zero-order valence-electron chi connectivity index (χ0n) is 11.4. The molecule has 1 aliphatic carbocycles. The number of carbonyl (C=O) groups is 1. The Morgan fingerprint density at radius 1 is 1.37 bits per heavy atom. The average molecular weight is 262 g/mol. The van der Waals surface area contributed by atoms with E-state index in [2.05, 4.69) is 5.32 Å². The molecule has 1 atom stereocenters. The third-order valence-electron chi connectivity index (χ3n) is 3.85. The molecule has 2 rings (SSSR count). The number of nitrogens with one attached hydrogen (secondary N) is 1. The lowest BCUT2D eigenvalue weighted by Crippen LogP contribution is -2.58. The topological polar surface area (TPSA) is 64.3 Å². The minimum atomic E-state index is -0.926. The molecule has 19 heavy (non-hydrogen) atoms. The summed E-state index contributed by atoms with van der Waals surface area (Å²) in [5.74, 6) is -0.382. The molecular formula is C15H22N2O2. The van der Waals surface area contributed by atoms with Crippen LogP contribution >= 0.6 is 0 Å². The van der Waals surface area contributed by atoms with Crippen molar-refractivity contribution in [2.24, 2.45) is 5.73 Å². The number of hydrogen-bond acceptors (Lipinski definition) is 3. The van der Waals surface area contributed by atoms with Crippen LogP contribution in [0.4, 0.5) is 0 Å². The molecule has 0 aromatic heterocycles. The second-order valence-corrected chi connectivity index (χ2v) is 5.19. The van der Waals surface area contributed by atoms with Gasteiger partial charge in [0.1, 0.15) is 5.54 Å². The van der Waals surface area contributed by atoms with Crippen LogP contribution in [0.3, 0.4) is 0 Å². The zero-order valence-corrected chi connectivity index (χ0v) is 11.4. The van der Waals surface area contributed by atoms with Gasteiger partial charge >= 0.3 is 0 Å². The van der Waals surface area contributed by atoms with Gasteiger partial charge in [-0.15, -0.1) is 0 Å². The highest BCUT2D eigenvalue weighted by Gasteiger charge is 2.40. The van der Waals surface area contributed by atoms with Crippen LogP contribution in [-0.2, 0) is 15.1 Å². The van der Waals surface area contributed by atoms with Gasteiger partial charge < -0.3 is 10.5 Å². The molecule has 1 saturated carbocycles. The number of rotatable bonds is 6. The van der Waals surface area contributed by atoms with Gasteiger partial charge in [0.2, 0.25) is 5.91 Å². The fourth-order valence-corrected chi connectivity index (χ4v) is 2.85. The summed E-state index contributed by atoms with van der Waals surface area (Å²) in [4.78, 5) is 12.1. The van der Waals surface area contributed by atoms with Crippen molar-refractivity contribution in [2.75, 3.05) is 13.7 Å². The van der Waals surface area contributed by atoms with Crippen LogP contribution in [0.25, 0.3) is 0 Å². The molecule has 1 aromatic rings. The minimum absolute atomic E-state index is 0.253. The van der Waals surface area contributed by atoms with Crippen LogP contribution in [0.5, 0.6) is 0 Å². The van der Waals surface area contributed by atoms with E-state index in [4.69, 9.17) is 10.5 Å². The van der Waals surface area contributed by atoms with E-state index in [1.54, 1.807) is 7.11 Å². The molecule has 1 unspecified atom stereocenters. The monoisotopic (exact) mass is 262 g/mol. The van der Waals surface area contributed by atoms with E-state index in [1.807, 2.05) is 30.3 Å². The Morgan fingerprint density at radius 3 is 2.53 bits per heavy atom. The Hall–Kier alpha value is -1.39. The number of benzene rings is 1. The van der Waals surface area contributed by atoms with Crippen molar-refractivity contribution in [3.05, 3.63) is 35.9 Å². The third kappa shape index (κ3) is 2.96. The number of nitrogens with two attached hydrogens (primary N) is 1. The maximum atomic E-state index is 12.1. The van der Waals surface area contributed by atoms with Gasteiger partial charge in [0.05, 0.1) is 6.61 Å². The summed E-state index contributed by atoms with van der Waals surface area (Å²) in [6, 6.07) is 9.94. The molecule has 0 aliphatic heterocycles. The average Bonchev–Trinajstić information content (AvgIpc) is 2.91. The van der Waals surface area contributed by atoms with Crippen LogP contribution in [0.2, 0.25) is 0 Å². The zero-order chi connectivity index (χ0) is 13.7. The van der Waals surface area contributed by atoms with E-state index in [0.717, 1.165) is 18.4 Å². The third-order valence-corrected chi connectivity index (χ3v) is 3.85. The van der Waals surface area contributed by atoms with Gasteiger partial charge in [-0.05, 0) is 18.4 Å². The lowest BCUT2D eigenvalue weighted by atomic mass is 9.88. The molecule has 4 nitrogen and oxygen atoms in total. The highest BCUT2D eigenvalue weighted by Crippen LogP contribution is 2.27. The van der Waals surface area contributed by atoms with Crippen LogP contribution < -0.4 is 11.1 Å². The molecule has 104 valence electrons. The number of primary amides is 1. The van der Waals surface area contributed by atoms with Crippen molar-refractivity contribution in [2.45, 2.75) is 37.3 Å². The standard InChI is InChI=1S/C15H22N2O2/c1-19-11-15(14(16)18,12-7-3-2-4-8-12)17-13-9-5-6-10-13/h2-4,7-8,13,17H,5-6,9-11H2,1H3,(H2,16,18). The second kappa shape index (κ2) is 6.17. The van der Waals surface area contributed by atoms with Crippen molar-refractivity contribution in [3.8, 4) is 0 Å². The first kappa shape index (κ1) is 14.0. The Bertz CT molecular complexity index is 415. The van der Waals surface area contributed by atoms with E-state index in [9.17, 15) is 4.79 Å². The smallest absolute Gasteiger partial charge is 0.244 e. The second-order valence-electron chi connectivity index (χ2n) is 5.19. The predicted octanol–water partition coefficient (Wildman–Crippen LogP) is 1.55. The van der Waals surface area contributed by atoms with Gasteiger partial charge in [-0.1, -0.05) is 43.2 Å². The summed E-state index contributed by atoms with van der Waals surface area (Å²) in [6.45, 7) is 0.253. The van der Waals surface area contributed by atoms with Crippen molar-refractivity contribution < 1.29 is 9.53 Å². The fraction of sp³-hybridized carbons (Fsp3) is 0.533. The lowest BCUT2D eigenvalue weighted by molar-refractivity contribution is -0.127. The normalized spacial score (nSPS) is 19.2. The predicted molar refractivity (Wildman–Crippen MR) is 74.6 cm³/mol. The first-order valence-electron chi connectivity index (χ1n) is 6.81. The van der Waals surface area contributed by atoms with Crippen molar-refractivity contribution in [1.82, 2.24) is 5.32 Å². The Balaban J connectivity index is 2.32. The molecule has 0 heterocycles. The van der Waals surface area contributed by atoms with Crippen molar-refractivity contribution in [1.29, 1.82) is 0 Å². The Kier molecular flexibility index (Phi) is 4.56. The van der Waals surface area contributed by atoms with Crippen molar-refractivity contribution >= 4 is 5.91 Å². The molecule has 1 fully saturated rings. The van der Waals surface area contributed by atoms with Gasteiger partial charge in [0, 0.05) is 13.2 Å². The molecule has 3 N–H and O–H groups in total. The van der Waals surface area contributed by atoms with E-state index in [1.165, 1.54) is 12.8 Å². The quantitative estimate of drug-likeness (QED) is 0.817. The summed E-state index contributed by atoms with van der Waals surface area (Å²) in [7, 11) is 1.59. The van der Waals surface area contributed by atoms with Crippen LogP contribution in [0.1, 0.15) is 31.2 Å². The molecule has 1 aromatic carbocycles. The first-order valence-corrected chi connectivity index (χ1v) is 6.81. The van der Waals surface area contributed by atoms with Gasteiger partial charge in [0.15, 0.2) is 0 Å². The Morgan fingerprint density at radius 2 is 2.00 bits per heavy atom. The summed E-state index contributed by atoms with van der Waals surface area (Å²) >= 11 is 0. The molecule has 0 radical (unpaired) electrons. The summed E-state index contributed by atoms with van der Waals surface area (Å²) < 4.78 is 5.27. The van der Waals surface area contributed by atoms with Crippen LogP contribution in [-0.4, -0.2) is 25.7 Å². The van der Waals surface area contributed by atoms with Crippen LogP contribution in [0.15, 0.2) is 30.3 Å². The highest BCUT2D eigenvalue weighted by molar-refractivity contribution is 5.86. The number of amides is 1. The van der Waals surface area contributed by atoms with Gasteiger partial charge in [-0.3, -0.25) is 10.1 Å². The number of ether oxygens (including phenoxy) is 1. The van der Waals surface area contributed by atoms with Crippen molar-refractivity contribution in [3.63, 3.8) is 0 Å². The first-order chi connectivity index (χ1) is 9.19. The van der Waals surface area contributed by atoms with E-state index in [-0.39, 0.29) is 12.5 Å². The minimum Gasteiger partial charge on any atom is -0.382 e. The van der Waals surface area contributed by atoms with E-state index in [0.29, 0.717) is 6.04 Å². The molecule has 0 saturated heterocycles. The highest BCUT2D eigenvalue weighted by atomic mass is 16.5. The molecule has 0 bridgehead atoms. The maximum Gasteiger partial charge on any atom is 0.244 e. The SMILES string of the molecule is COCC(NC1CCCC1)(C(N)=O)c1ccccc1. The lowest BCUT2D eigenvalue weighted by Gasteiger charge is -2.34. The Labute approximate surface area is 114 Å². The maximum absolute atomic E-state index is 12.1. The number of methoxy groups -OCH3 is 1. The largest absolute Gasteiger partial charge is 0.382 e. The van der Waals surface area contributed by atoms with Gasteiger partial charge in [0.25, 0.3) is 0 Å². The van der Waals surface area contributed by atoms with Gasteiger partial charge in [-0.2, -0.15) is 0 Å². The van der Waals surface area contributed by atoms with Crippen LogP contribution in [0, 0.1) is 0 Å². The molecule has 1 amide bonds. The van der Waals surface area contributed by atoms with Gasteiger partial charge in [-0.25, -0.2) is 0 Å². The molecule has 0 spiro atoms.